The third-order valence-electron chi connectivity index (χ3n) is 5.92. The predicted molar refractivity (Wildman–Crippen MR) is 118 cm³/mol. The number of hydrogen-bond donors (Lipinski definition) is 1. The number of piperazine rings is 1. The molecule has 0 amide bonds. The molecule has 1 saturated heterocycles. The van der Waals surface area contributed by atoms with Crippen LogP contribution < -0.4 is 4.74 Å². The fourth-order valence-electron chi connectivity index (χ4n) is 4.21. The topological polar surface area (TPSA) is 53.8 Å². The van der Waals surface area contributed by atoms with E-state index in [1.807, 2.05) is 48.8 Å². The lowest BCUT2D eigenvalue weighted by Crippen LogP contribution is -2.52. The highest BCUT2D eigenvalue weighted by Crippen LogP contribution is 2.21. The molecule has 31 heavy (non-hydrogen) atoms. The summed E-state index contributed by atoms with van der Waals surface area (Å²) in [4.78, 5) is 9.22. The molecule has 0 saturated carbocycles. The second-order valence-electron chi connectivity index (χ2n) is 7.87. The van der Waals surface area contributed by atoms with E-state index in [2.05, 4.69) is 19.4 Å². The molecule has 0 spiro atoms. The molecule has 1 aliphatic heterocycles. The van der Waals surface area contributed by atoms with Crippen LogP contribution >= 0.6 is 0 Å². The van der Waals surface area contributed by atoms with E-state index in [9.17, 15) is 9.50 Å². The molecular weight excluding hydrogens is 395 g/mol. The van der Waals surface area contributed by atoms with Gasteiger partial charge in [0.2, 0.25) is 0 Å². The van der Waals surface area contributed by atoms with Gasteiger partial charge in [-0.2, -0.15) is 0 Å². The number of aliphatic hydroxyl groups is 1. The Kier molecular flexibility index (Phi) is 6.96. The number of aromatic nitrogens is 2. The molecule has 1 fully saturated rings. The van der Waals surface area contributed by atoms with Gasteiger partial charge in [-0.15, -0.1) is 0 Å². The standard InChI is InChI=1S/C24H29FN4O2/c1-31-22-8-6-20(7-9-22)29-12-11-26-24(29)18-27-13-14-28(21(17-27)10-15-30)16-19-4-2-3-5-23(19)25/h2-9,11-12,21,30H,10,13-18H2,1H3/t21-/m0/s1. The largest absolute Gasteiger partial charge is 0.497 e. The second-order valence-corrected chi connectivity index (χ2v) is 7.87. The minimum atomic E-state index is -0.172. The van der Waals surface area contributed by atoms with Crippen LogP contribution in [-0.4, -0.2) is 63.9 Å². The van der Waals surface area contributed by atoms with Gasteiger partial charge in [-0.1, -0.05) is 18.2 Å². The van der Waals surface area contributed by atoms with Crippen molar-refractivity contribution >= 4 is 0 Å². The van der Waals surface area contributed by atoms with E-state index < -0.39 is 0 Å². The van der Waals surface area contributed by atoms with Crippen molar-refractivity contribution in [3.8, 4) is 11.4 Å². The summed E-state index contributed by atoms with van der Waals surface area (Å²) in [6, 6.07) is 15.0. The van der Waals surface area contributed by atoms with Crippen molar-refractivity contribution in [3.63, 3.8) is 0 Å². The Labute approximate surface area is 182 Å². The van der Waals surface area contributed by atoms with Crippen LogP contribution in [0.3, 0.4) is 0 Å². The first-order valence-corrected chi connectivity index (χ1v) is 10.6. The van der Waals surface area contributed by atoms with Crippen LogP contribution in [0.2, 0.25) is 0 Å². The molecule has 0 aliphatic carbocycles. The summed E-state index contributed by atoms with van der Waals surface area (Å²) in [5, 5.41) is 9.59. The van der Waals surface area contributed by atoms with Gasteiger partial charge in [0.25, 0.3) is 0 Å². The maximum absolute atomic E-state index is 14.1. The summed E-state index contributed by atoms with van der Waals surface area (Å²) in [7, 11) is 1.66. The van der Waals surface area contributed by atoms with E-state index >= 15 is 0 Å². The van der Waals surface area contributed by atoms with Crippen LogP contribution in [0.15, 0.2) is 60.9 Å². The highest BCUT2D eigenvalue weighted by atomic mass is 19.1. The summed E-state index contributed by atoms with van der Waals surface area (Å²) in [5.74, 6) is 1.62. The summed E-state index contributed by atoms with van der Waals surface area (Å²) in [6.07, 6.45) is 4.45. The maximum Gasteiger partial charge on any atom is 0.127 e. The summed E-state index contributed by atoms with van der Waals surface area (Å²) in [5.41, 5.74) is 1.74. The number of methoxy groups -OCH3 is 1. The second kappa shape index (κ2) is 10.0. The molecule has 0 unspecified atom stereocenters. The van der Waals surface area contributed by atoms with Crippen molar-refractivity contribution < 1.29 is 14.2 Å². The molecule has 3 aromatic rings. The number of nitrogens with zero attached hydrogens (tertiary/aromatic N) is 4. The van der Waals surface area contributed by atoms with E-state index in [0.717, 1.165) is 36.9 Å². The number of hydrogen-bond acceptors (Lipinski definition) is 5. The fraction of sp³-hybridized carbons (Fsp3) is 0.375. The molecule has 4 rings (SSSR count). The van der Waals surface area contributed by atoms with Crippen molar-refractivity contribution in [2.45, 2.75) is 25.6 Å². The van der Waals surface area contributed by atoms with Crippen molar-refractivity contribution in [1.82, 2.24) is 19.4 Å². The van der Waals surface area contributed by atoms with Gasteiger partial charge < -0.3 is 14.4 Å². The van der Waals surface area contributed by atoms with E-state index in [-0.39, 0.29) is 18.5 Å². The normalized spacial score (nSPS) is 17.7. The van der Waals surface area contributed by atoms with E-state index in [1.165, 1.54) is 6.07 Å². The zero-order valence-electron chi connectivity index (χ0n) is 17.8. The van der Waals surface area contributed by atoms with Crippen LogP contribution in [0.4, 0.5) is 4.39 Å². The molecule has 164 valence electrons. The van der Waals surface area contributed by atoms with Crippen LogP contribution in [0.5, 0.6) is 5.75 Å². The van der Waals surface area contributed by atoms with E-state index in [4.69, 9.17) is 4.74 Å². The zero-order chi connectivity index (χ0) is 21.6. The van der Waals surface area contributed by atoms with Crippen LogP contribution in [0.1, 0.15) is 17.8 Å². The highest BCUT2D eigenvalue weighted by molar-refractivity contribution is 5.38. The Bertz CT molecular complexity index is 976. The SMILES string of the molecule is COc1ccc(-n2ccnc2CN2CCN(Cc3ccccc3F)[C@@H](CCO)C2)cc1. The van der Waals surface area contributed by atoms with Gasteiger partial charge >= 0.3 is 0 Å². The van der Waals surface area contributed by atoms with Crippen molar-refractivity contribution in [1.29, 1.82) is 0 Å². The molecule has 7 heteroatoms. The quantitative estimate of drug-likeness (QED) is 0.602. The molecule has 1 aromatic heterocycles. The maximum atomic E-state index is 14.1. The number of rotatable bonds is 8. The molecule has 2 aromatic carbocycles. The van der Waals surface area contributed by atoms with Crippen LogP contribution in [0, 0.1) is 5.82 Å². The monoisotopic (exact) mass is 424 g/mol. The van der Waals surface area contributed by atoms with Crippen molar-refractivity contribution in [2.24, 2.45) is 0 Å². The Morgan fingerprint density at radius 1 is 1.10 bits per heavy atom. The average Bonchev–Trinajstić information content (AvgIpc) is 3.25. The van der Waals surface area contributed by atoms with Gasteiger partial charge in [0.05, 0.1) is 13.7 Å². The number of aliphatic hydroxyl groups excluding tert-OH is 1. The van der Waals surface area contributed by atoms with Gasteiger partial charge in [0, 0.05) is 62.5 Å². The van der Waals surface area contributed by atoms with Crippen molar-refractivity contribution in [2.75, 3.05) is 33.4 Å². The minimum Gasteiger partial charge on any atom is -0.497 e. The number of halogens is 1. The number of benzene rings is 2. The Morgan fingerprint density at radius 3 is 2.65 bits per heavy atom. The van der Waals surface area contributed by atoms with Gasteiger partial charge in [-0.25, -0.2) is 9.37 Å². The van der Waals surface area contributed by atoms with Gasteiger partial charge in [-0.05, 0) is 36.8 Å². The highest BCUT2D eigenvalue weighted by Gasteiger charge is 2.28. The molecule has 1 aliphatic rings. The van der Waals surface area contributed by atoms with Crippen molar-refractivity contribution in [3.05, 3.63) is 78.1 Å². The molecule has 0 bridgehead atoms. The molecule has 2 heterocycles. The lowest BCUT2D eigenvalue weighted by Gasteiger charge is -2.41. The number of imidazole rings is 1. The molecule has 0 radical (unpaired) electrons. The van der Waals surface area contributed by atoms with Gasteiger partial charge in [0.15, 0.2) is 0 Å². The van der Waals surface area contributed by atoms with E-state index in [1.54, 1.807) is 13.2 Å². The van der Waals surface area contributed by atoms with Gasteiger partial charge in [0.1, 0.15) is 17.4 Å². The number of ether oxygens (including phenoxy) is 1. The third kappa shape index (κ3) is 5.12. The zero-order valence-corrected chi connectivity index (χ0v) is 17.8. The first-order valence-electron chi connectivity index (χ1n) is 10.6. The summed E-state index contributed by atoms with van der Waals surface area (Å²) < 4.78 is 21.5. The predicted octanol–water partition coefficient (Wildman–Crippen LogP) is 3.09. The molecule has 1 atom stereocenters. The average molecular weight is 425 g/mol. The minimum absolute atomic E-state index is 0.118. The summed E-state index contributed by atoms with van der Waals surface area (Å²) in [6.45, 7) is 3.89. The van der Waals surface area contributed by atoms with Crippen LogP contribution in [-0.2, 0) is 13.1 Å². The van der Waals surface area contributed by atoms with Gasteiger partial charge in [-0.3, -0.25) is 9.80 Å². The lowest BCUT2D eigenvalue weighted by atomic mass is 10.1. The van der Waals surface area contributed by atoms with Crippen LogP contribution in [0.25, 0.3) is 5.69 Å². The first kappa shape index (κ1) is 21.5. The Balaban J connectivity index is 1.44. The van der Waals surface area contributed by atoms with E-state index in [0.29, 0.717) is 25.1 Å². The molecule has 1 N–H and O–H groups in total. The Morgan fingerprint density at radius 2 is 1.90 bits per heavy atom. The Hall–Kier alpha value is -2.74. The molecule has 6 nitrogen and oxygen atoms in total. The fourth-order valence-corrected chi connectivity index (χ4v) is 4.21. The lowest BCUT2D eigenvalue weighted by molar-refractivity contribution is 0.0479. The smallest absolute Gasteiger partial charge is 0.127 e. The molecular formula is C24H29FN4O2. The summed E-state index contributed by atoms with van der Waals surface area (Å²) >= 11 is 0. The third-order valence-corrected chi connectivity index (χ3v) is 5.92. The first-order chi connectivity index (χ1) is 15.2.